The van der Waals surface area contributed by atoms with Crippen molar-refractivity contribution in [3.8, 4) is 0 Å². The van der Waals surface area contributed by atoms with Crippen molar-refractivity contribution in [1.29, 1.82) is 0 Å². The van der Waals surface area contributed by atoms with E-state index in [2.05, 4.69) is 9.71 Å². The summed E-state index contributed by atoms with van der Waals surface area (Å²) in [6, 6.07) is 2.61. The Kier molecular flexibility index (Phi) is 4.76. The molecule has 0 amide bonds. The van der Waals surface area contributed by atoms with Gasteiger partial charge < -0.3 is 9.71 Å². The highest BCUT2D eigenvalue weighted by Gasteiger charge is 2.35. The summed E-state index contributed by atoms with van der Waals surface area (Å²) < 4.78 is 67.4. The summed E-state index contributed by atoms with van der Waals surface area (Å²) in [6.45, 7) is 0. The number of rotatable bonds is 4. The number of aromatic nitrogens is 1. The first kappa shape index (κ1) is 17.1. The lowest BCUT2D eigenvalue weighted by Crippen LogP contribution is -2.09. The molecule has 0 unspecified atom stereocenters. The third-order valence-corrected chi connectivity index (χ3v) is 4.91. The number of benzene rings is 1. The molecule has 2 aromatic rings. The van der Waals surface area contributed by atoms with Crippen LogP contribution in [0.25, 0.3) is 0 Å². The molecule has 1 aromatic carbocycles. The smallest absolute Gasteiger partial charge is 0.364 e. The summed E-state index contributed by atoms with van der Waals surface area (Å²) in [6.07, 6.45) is 1.45. The van der Waals surface area contributed by atoms with E-state index in [0.717, 1.165) is 35.4 Å². The molecule has 3 rings (SSSR count). The summed E-state index contributed by atoms with van der Waals surface area (Å²) >= 11 is 1.02. The summed E-state index contributed by atoms with van der Waals surface area (Å²) in [7, 11) is 0. The van der Waals surface area contributed by atoms with Crippen LogP contribution >= 0.6 is 11.9 Å². The van der Waals surface area contributed by atoms with Gasteiger partial charge in [0.1, 0.15) is 11.6 Å². The molecule has 130 valence electrons. The second kappa shape index (κ2) is 6.66. The van der Waals surface area contributed by atoms with E-state index in [9.17, 15) is 22.0 Å². The van der Waals surface area contributed by atoms with Crippen LogP contribution in [-0.2, 0) is 6.18 Å². The van der Waals surface area contributed by atoms with Crippen LogP contribution < -0.4 is 4.72 Å². The molecule has 1 saturated carbocycles. The van der Waals surface area contributed by atoms with Gasteiger partial charge in [0, 0.05) is 22.9 Å². The van der Waals surface area contributed by atoms with Crippen LogP contribution in [0.3, 0.4) is 0 Å². The van der Waals surface area contributed by atoms with E-state index in [1.54, 1.807) is 6.20 Å². The minimum Gasteiger partial charge on any atom is -0.364 e. The average molecular weight is 362 g/mol. The molecule has 0 spiro atoms. The topological polar surface area (TPSA) is 27.8 Å². The standard InChI is InChI=1S/C16H15F5N2S/c17-12-7-15(13(18)6-11(12)16(19,20)21)23-24-10-5-14(22-8-10)9-3-1-2-4-9/h5-9,22-23H,1-4H2. The van der Waals surface area contributed by atoms with Crippen molar-refractivity contribution in [1.82, 2.24) is 4.98 Å². The molecule has 1 fully saturated rings. The Morgan fingerprint density at radius 3 is 2.42 bits per heavy atom. The Morgan fingerprint density at radius 1 is 1.04 bits per heavy atom. The van der Waals surface area contributed by atoms with Crippen molar-refractivity contribution in [2.45, 2.75) is 42.7 Å². The van der Waals surface area contributed by atoms with E-state index < -0.39 is 23.4 Å². The molecule has 2 N–H and O–H groups in total. The first-order chi connectivity index (χ1) is 11.3. The summed E-state index contributed by atoms with van der Waals surface area (Å²) in [5, 5.41) is 0. The lowest BCUT2D eigenvalue weighted by atomic mass is 10.1. The van der Waals surface area contributed by atoms with Gasteiger partial charge in [-0.2, -0.15) is 13.2 Å². The first-order valence-electron chi connectivity index (χ1n) is 7.52. The van der Waals surface area contributed by atoms with Crippen LogP contribution in [0.1, 0.15) is 42.9 Å². The lowest BCUT2D eigenvalue weighted by Gasteiger charge is -2.11. The van der Waals surface area contributed by atoms with E-state index in [4.69, 9.17) is 0 Å². The average Bonchev–Trinajstić information content (AvgIpc) is 3.16. The monoisotopic (exact) mass is 362 g/mol. The number of hydrogen-bond acceptors (Lipinski definition) is 2. The third-order valence-electron chi connectivity index (χ3n) is 4.11. The number of anilines is 1. The summed E-state index contributed by atoms with van der Waals surface area (Å²) in [5.41, 5.74) is -0.842. The Labute approximate surface area is 140 Å². The molecular weight excluding hydrogens is 347 g/mol. The number of alkyl halides is 3. The van der Waals surface area contributed by atoms with Gasteiger partial charge in [-0.15, -0.1) is 0 Å². The molecule has 1 heterocycles. The highest BCUT2D eigenvalue weighted by molar-refractivity contribution is 8.00. The van der Waals surface area contributed by atoms with Crippen molar-refractivity contribution >= 4 is 17.6 Å². The molecule has 8 heteroatoms. The predicted octanol–water partition coefficient (Wildman–Crippen LogP) is 6.09. The number of halogens is 5. The fraction of sp³-hybridized carbons (Fsp3) is 0.375. The van der Waals surface area contributed by atoms with Gasteiger partial charge in [-0.05, 0) is 42.8 Å². The number of H-pyrrole nitrogens is 1. The van der Waals surface area contributed by atoms with Crippen LogP contribution in [0.4, 0.5) is 27.6 Å². The Bertz CT molecular complexity index is 720. The maximum absolute atomic E-state index is 13.8. The molecule has 1 aliphatic rings. The van der Waals surface area contributed by atoms with E-state index in [-0.39, 0.29) is 11.8 Å². The summed E-state index contributed by atoms with van der Waals surface area (Å²) in [5.74, 6) is -2.17. The maximum Gasteiger partial charge on any atom is 0.419 e. The van der Waals surface area contributed by atoms with Gasteiger partial charge in [-0.3, -0.25) is 0 Å². The highest BCUT2D eigenvalue weighted by atomic mass is 32.2. The van der Waals surface area contributed by atoms with Gasteiger partial charge in [-0.1, -0.05) is 12.8 Å². The normalized spacial score (nSPS) is 15.9. The minimum absolute atomic E-state index is 0.166. The van der Waals surface area contributed by atoms with Crippen molar-refractivity contribution in [3.05, 3.63) is 47.3 Å². The van der Waals surface area contributed by atoms with Crippen LogP contribution in [0.5, 0.6) is 0 Å². The van der Waals surface area contributed by atoms with Crippen molar-refractivity contribution in [2.24, 2.45) is 0 Å². The molecule has 0 atom stereocenters. The number of hydrogen-bond donors (Lipinski definition) is 2. The fourth-order valence-corrected chi connectivity index (χ4v) is 3.57. The quantitative estimate of drug-likeness (QED) is 0.509. The molecule has 0 radical (unpaired) electrons. The molecule has 2 nitrogen and oxygen atoms in total. The van der Waals surface area contributed by atoms with Crippen molar-refractivity contribution in [3.63, 3.8) is 0 Å². The molecular formula is C16H15F5N2S. The van der Waals surface area contributed by atoms with Gasteiger partial charge in [-0.25, -0.2) is 8.78 Å². The van der Waals surface area contributed by atoms with E-state index in [1.165, 1.54) is 12.8 Å². The van der Waals surface area contributed by atoms with Gasteiger partial charge in [0.25, 0.3) is 0 Å². The summed E-state index contributed by atoms with van der Waals surface area (Å²) in [4.78, 5) is 3.92. The second-order valence-corrected chi connectivity index (χ2v) is 6.67. The fourth-order valence-electron chi connectivity index (χ4n) is 2.88. The number of aromatic amines is 1. The predicted molar refractivity (Wildman–Crippen MR) is 82.8 cm³/mol. The van der Waals surface area contributed by atoms with Crippen molar-refractivity contribution in [2.75, 3.05) is 4.72 Å². The molecule has 24 heavy (non-hydrogen) atoms. The van der Waals surface area contributed by atoms with Crippen LogP contribution in [0, 0.1) is 11.6 Å². The number of nitrogens with one attached hydrogen (secondary N) is 2. The van der Waals surface area contributed by atoms with Gasteiger partial charge >= 0.3 is 6.18 Å². The van der Waals surface area contributed by atoms with Gasteiger partial charge in [0.15, 0.2) is 0 Å². The van der Waals surface area contributed by atoms with Crippen LogP contribution in [0.2, 0.25) is 0 Å². The molecule has 0 aliphatic heterocycles. The minimum atomic E-state index is -4.92. The van der Waals surface area contributed by atoms with Crippen LogP contribution in [0.15, 0.2) is 29.3 Å². The Morgan fingerprint density at radius 2 is 1.75 bits per heavy atom. The van der Waals surface area contributed by atoms with Crippen LogP contribution in [-0.4, -0.2) is 4.98 Å². The van der Waals surface area contributed by atoms with Crippen molar-refractivity contribution < 1.29 is 22.0 Å². The van der Waals surface area contributed by atoms with Gasteiger partial charge in [0.2, 0.25) is 0 Å². The SMILES string of the molecule is Fc1cc(C(F)(F)F)c(F)cc1NSc1c[nH]c(C2CCCC2)c1. The third kappa shape index (κ3) is 3.68. The largest absolute Gasteiger partial charge is 0.419 e. The molecule has 1 aliphatic carbocycles. The molecule has 0 saturated heterocycles. The molecule has 1 aromatic heterocycles. The zero-order chi connectivity index (χ0) is 17.3. The van der Waals surface area contributed by atoms with E-state index >= 15 is 0 Å². The van der Waals surface area contributed by atoms with E-state index in [1.807, 2.05) is 6.07 Å². The highest BCUT2D eigenvalue weighted by Crippen LogP contribution is 2.37. The van der Waals surface area contributed by atoms with Gasteiger partial charge in [0.05, 0.1) is 11.3 Å². The zero-order valence-electron chi connectivity index (χ0n) is 12.5. The van der Waals surface area contributed by atoms with E-state index in [0.29, 0.717) is 12.0 Å². The zero-order valence-corrected chi connectivity index (χ0v) is 13.3. The Balaban J connectivity index is 1.69. The first-order valence-corrected chi connectivity index (χ1v) is 8.33. The maximum atomic E-state index is 13.8. The second-order valence-electron chi connectivity index (χ2n) is 5.79. The Hall–Kier alpha value is -1.70. The lowest BCUT2D eigenvalue weighted by molar-refractivity contribution is -0.140. The molecule has 0 bridgehead atoms.